The number of alkyl halides is 3. The largest absolute Gasteiger partial charge is 0.433 e. The minimum atomic E-state index is -4.57. The first-order chi connectivity index (χ1) is 18.2. The van der Waals surface area contributed by atoms with Crippen molar-refractivity contribution in [1.82, 2.24) is 19.5 Å². The summed E-state index contributed by atoms with van der Waals surface area (Å²) >= 11 is 5.97. The van der Waals surface area contributed by atoms with Gasteiger partial charge in [0.2, 0.25) is 0 Å². The molecule has 0 amide bonds. The van der Waals surface area contributed by atoms with E-state index in [0.29, 0.717) is 53.8 Å². The van der Waals surface area contributed by atoms with Gasteiger partial charge in [0, 0.05) is 48.0 Å². The van der Waals surface area contributed by atoms with Crippen LogP contribution in [-0.2, 0) is 23.9 Å². The minimum absolute atomic E-state index is 0.170. The predicted molar refractivity (Wildman–Crippen MR) is 132 cm³/mol. The highest BCUT2D eigenvalue weighted by molar-refractivity contribution is 6.30. The van der Waals surface area contributed by atoms with Crippen molar-refractivity contribution in [3.8, 4) is 11.3 Å². The van der Waals surface area contributed by atoms with E-state index in [1.165, 1.54) is 18.2 Å². The molecule has 0 radical (unpaired) electrons. The van der Waals surface area contributed by atoms with Crippen LogP contribution in [0.3, 0.4) is 0 Å². The average Bonchev–Trinajstić information content (AvgIpc) is 3.37. The van der Waals surface area contributed by atoms with E-state index in [1.807, 2.05) is 0 Å². The van der Waals surface area contributed by atoms with Crippen molar-refractivity contribution in [2.45, 2.75) is 50.4 Å². The average molecular weight is 545 g/mol. The molecule has 0 spiro atoms. The van der Waals surface area contributed by atoms with E-state index in [0.717, 1.165) is 18.7 Å². The van der Waals surface area contributed by atoms with E-state index in [2.05, 4.69) is 4.98 Å². The highest BCUT2D eigenvalue weighted by Gasteiger charge is 2.34. The van der Waals surface area contributed by atoms with Crippen molar-refractivity contribution in [2.24, 2.45) is 0 Å². The van der Waals surface area contributed by atoms with Gasteiger partial charge in [0.05, 0.1) is 17.2 Å². The summed E-state index contributed by atoms with van der Waals surface area (Å²) in [5, 5.41) is 0.555. The van der Waals surface area contributed by atoms with Gasteiger partial charge in [-0.05, 0) is 61.2 Å². The molecule has 11 heteroatoms. The molecule has 4 aromatic rings. The molecule has 1 saturated heterocycles. The second-order valence-corrected chi connectivity index (χ2v) is 9.99. The Balaban J connectivity index is 1.46. The van der Waals surface area contributed by atoms with Crippen LogP contribution in [0, 0.1) is 5.82 Å². The van der Waals surface area contributed by atoms with Crippen LogP contribution in [0.15, 0.2) is 47.4 Å². The number of nitrogens with zero attached hydrogens (tertiary/aromatic N) is 4. The molecule has 6 nitrogen and oxygen atoms in total. The van der Waals surface area contributed by atoms with Crippen LogP contribution in [0.25, 0.3) is 22.2 Å². The lowest BCUT2D eigenvalue weighted by Crippen LogP contribution is -2.23. The van der Waals surface area contributed by atoms with Crippen LogP contribution in [0.4, 0.5) is 17.6 Å². The molecule has 1 fully saturated rings. The normalized spacial score (nSPS) is 19.6. The summed E-state index contributed by atoms with van der Waals surface area (Å²) in [6.07, 6.45) is -1.77. The summed E-state index contributed by atoms with van der Waals surface area (Å²) in [5.74, 6) is -0.198. The molecule has 5 heterocycles. The Morgan fingerprint density at radius 2 is 1.95 bits per heavy atom. The Hall–Kier alpha value is -3.37. The molecule has 196 valence electrons. The molecular weight excluding hydrogens is 524 g/mol. The third kappa shape index (κ3) is 4.45. The van der Waals surface area contributed by atoms with Crippen molar-refractivity contribution in [3.63, 3.8) is 0 Å². The molecule has 1 aromatic carbocycles. The highest BCUT2D eigenvalue weighted by Crippen LogP contribution is 2.40. The van der Waals surface area contributed by atoms with Crippen LogP contribution in [0.2, 0.25) is 5.02 Å². The Labute approximate surface area is 219 Å². The Bertz CT molecular complexity index is 1620. The monoisotopic (exact) mass is 544 g/mol. The number of benzene rings is 1. The lowest BCUT2D eigenvalue weighted by atomic mass is 9.88. The summed E-state index contributed by atoms with van der Waals surface area (Å²) in [6.45, 7) is 0.840. The van der Waals surface area contributed by atoms with Gasteiger partial charge in [-0.3, -0.25) is 19.3 Å². The summed E-state index contributed by atoms with van der Waals surface area (Å²) < 4.78 is 62.2. The zero-order valence-electron chi connectivity index (χ0n) is 19.9. The third-order valence-corrected chi connectivity index (χ3v) is 7.39. The van der Waals surface area contributed by atoms with Crippen molar-refractivity contribution < 1.29 is 22.3 Å². The molecule has 0 saturated carbocycles. The van der Waals surface area contributed by atoms with Gasteiger partial charge in [-0.25, -0.2) is 9.37 Å². The molecule has 0 N–H and O–H groups in total. The van der Waals surface area contributed by atoms with Gasteiger partial charge in [0.1, 0.15) is 22.9 Å². The molecule has 6 rings (SSSR count). The number of aryl methyl sites for hydroxylation is 1. The molecule has 2 aliphatic heterocycles. The fraction of sp³-hybridized carbons (Fsp3) is 0.333. The Morgan fingerprint density at radius 3 is 2.74 bits per heavy atom. The minimum Gasteiger partial charge on any atom is -0.373 e. The number of hydrogen-bond acceptors (Lipinski definition) is 5. The zero-order valence-corrected chi connectivity index (χ0v) is 20.7. The predicted octanol–water partition coefficient (Wildman–Crippen LogP) is 6.25. The molecule has 0 bridgehead atoms. The van der Waals surface area contributed by atoms with Crippen LogP contribution in [0.5, 0.6) is 0 Å². The smallest absolute Gasteiger partial charge is 0.373 e. The number of aromatic nitrogens is 4. The first-order valence-corrected chi connectivity index (χ1v) is 12.6. The Kier molecular flexibility index (Phi) is 6.19. The third-order valence-electron chi connectivity index (χ3n) is 7.16. The van der Waals surface area contributed by atoms with Crippen molar-refractivity contribution in [1.29, 1.82) is 0 Å². The second-order valence-electron chi connectivity index (χ2n) is 9.56. The first-order valence-electron chi connectivity index (χ1n) is 12.2. The van der Waals surface area contributed by atoms with Crippen LogP contribution < -0.4 is 5.56 Å². The van der Waals surface area contributed by atoms with Crippen LogP contribution in [0.1, 0.15) is 54.1 Å². The van der Waals surface area contributed by atoms with E-state index < -0.39 is 23.8 Å². The standard InChI is InChI=1S/C27H21ClF4N4O2/c28-16-3-4-17(19(29)12-16)24-25-18(26(37)36-8-1-2-23(36)35-25)13-20(34-24)14-6-9-38-21(10-14)15-5-7-33-22(11-15)27(30,31)32/h3-5,7,11-14,21H,1-2,6,8-10H2. The van der Waals surface area contributed by atoms with Gasteiger partial charge in [0.15, 0.2) is 0 Å². The maximum atomic E-state index is 15.1. The van der Waals surface area contributed by atoms with Crippen LogP contribution in [-0.4, -0.2) is 26.1 Å². The number of ether oxygens (including phenoxy) is 1. The molecule has 2 unspecified atom stereocenters. The number of rotatable bonds is 3. The fourth-order valence-electron chi connectivity index (χ4n) is 5.28. The van der Waals surface area contributed by atoms with E-state index >= 15 is 4.39 Å². The molecule has 38 heavy (non-hydrogen) atoms. The van der Waals surface area contributed by atoms with Gasteiger partial charge in [-0.2, -0.15) is 13.2 Å². The van der Waals surface area contributed by atoms with Gasteiger partial charge in [-0.1, -0.05) is 11.6 Å². The molecule has 2 aliphatic rings. The highest BCUT2D eigenvalue weighted by atomic mass is 35.5. The number of hydrogen-bond donors (Lipinski definition) is 0. The van der Waals surface area contributed by atoms with Gasteiger partial charge < -0.3 is 4.74 Å². The number of pyridine rings is 2. The lowest BCUT2D eigenvalue weighted by Gasteiger charge is -2.30. The molecular formula is C27H21ClF4N4O2. The number of fused-ring (bicyclic) bond motifs is 2. The second kappa shape index (κ2) is 9.43. The van der Waals surface area contributed by atoms with E-state index in [9.17, 15) is 18.0 Å². The summed E-state index contributed by atoms with van der Waals surface area (Å²) in [5.41, 5.74) is 0.432. The Morgan fingerprint density at radius 1 is 1.11 bits per heavy atom. The molecule has 2 atom stereocenters. The lowest BCUT2D eigenvalue weighted by molar-refractivity contribution is -0.141. The summed E-state index contributed by atoms with van der Waals surface area (Å²) in [7, 11) is 0. The fourth-order valence-corrected chi connectivity index (χ4v) is 5.44. The maximum Gasteiger partial charge on any atom is 0.433 e. The molecule has 0 aliphatic carbocycles. The van der Waals surface area contributed by atoms with Gasteiger partial charge in [-0.15, -0.1) is 0 Å². The zero-order chi connectivity index (χ0) is 26.6. The van der Waals surface area contributed by atoms with Crippen molar-refractivity contribution in [2.75, 3.05) is 6.61 Å². The van der Waals surface area contributed by atoms with Crippen molar-refractivity contribution in [3.05, 3.63) is 86.6 Å². The van der Waals surface area contributed by atoms with Gasteiger partial charge in [0.25, 0.3) is 5.56 Å². The van der Waals surface area contributed by atoms with E-state index in [1.54, 1.807) is 16.7 Å². The first kappa shape index (κ1) is 24.9. The summed E-state index contributed by atoms with van der Waals surface area (Å²) in [4.78, 5) is 26.4. The van der Waals surface area contributed by atoms with Crippen LogP contribution >= 0.6 is 11.6 Å². The van der Waals surface area contributed by atoms with Crippen molar-refractivity contribution >= 4 is 22.5 Å². The topological polar surface area (TPSA) is 69.9 Å². The molecule has 3 aromatic heterocycles. The maximum absolute atomic E-state index is 15.1. The quantitative estimate of drug-likeness (QED) is 0.285. The van der Waals surface area contributed by atoms with Gasteiger partial charge >= 0.3 is 6.18 Å². The SMILES string of the molecule is O=c1c2cc(C3CCOC(c4ccnc(C(F)(F)F)c4)C3)nc(-c3ccc(Cl)cc3F)c2nc2n1CCC2. The van der Waals surface area contributed by atoms with E-state index in [-0.39, 0.29) is 34.4 Å². The van der Waals surface area contributed by atoms with E-state index in [4.69, 9.17) is 26.3 Å². The summed E-state index contributed by atoms with van der Waals surface area (Å²) in [6, 6.07) is 8.43. The number of halogens is 5.